The van der Waals surface area contributed by atoms with Gasteiger partial charge >= 0.3 is 12.2 Å². The quantitative estimate of drug-likeness (QED) is 0.0577. The second kappa shape index (κ2) is 58.3. The van der Waals surface area contributed by atoms with E-state index in [9.17, 15) is 9.59 Å². The Morgan fingerprint density at radius 2 is 0.726 bits per heavy atom. The second-order valence-electron chi connectivity index (χ2n) is 24.5. The van der Waals surface area contributed by atoms with Gasteiger partial charge in [0.2, 0.25) is 0 Å². The van der Waals surface area contributed by atoms with Crippen molar-refractivity contribution in [2.24, 2.45) is 11.5 Å². The molecule has 635 valence electrons. The Balaban J connectivity index is -0.00000140. The number of hydrogen-bond donors (Lipinski definition) is 6. The number of carbonyl (C=O) groups is 2. The predicted molar refractivity (Wildman–Crippen MR) is 457 cm³/mol. The topological polar surface area (TPSA) is 443 Å². The molecule has 3 radical (unpaired) electrons. The molecule has 31 nitrogen and oxygen atoms in total. The monoisotopic (exact) mass is 1860 g/mol. The molecule has 117 heavy (non-hydrogen) atoms. The maximum Gasteiger partial charge on any atom is 0.405 e. The average Bonchev–Trinajstić information content (AvgIpc) is 1.59. The summed E-state index contributed by atoms with van der Waals surface area (Å²) in [6, 6.07) is 22.5. The van der Waals surface area contributed by atoms with Gasteiger partial charge in [0.1, 0.15) is 33.6 Å². The van der Waals surface area contributed by atoms with Crippen LogP contribution in [-0.4, -0.2) is 117 Å². The van der Waals surface area contributed by atoms with Crippen LogP contribution in [0, 0.1) is 19.0 Å². The van der Waals surface area contributed by atoms with Crippen LogP contribution in [0.3, 0.4) is 0 Å². The van der Waals surface area contributed by atoms with Gasteiger partial charge in [-0.25, -0.2) is 38.6 Å². The van der Waals surface area contributed by atoms with Crippen LogP contribution in [0.1, 0.15) is 223 Å². The van der Waals surface area contributed by atoms with Gasteiger partial charge in [-0.15, -0.1) is 0 Å². The molecule has 3 aliphatic rings. The molecule has 3 aromatic carbocycles. The van der Waals surface area contributed by atoms with Crippen molar-refractivity contribution in [1.82, 2.24) is 80.3 Å². The zero-order valence-electron chi connectivity index (χ0n) is 69.0. The van der Waals surface area contributed by atoms with E-state index in [0.29, 0.717) is 73.4 Å². The van der Waals surface area contributed by atoms with Crippen LogP contribution in [0.2, 0.25) is 5.15 Å². The number of hydrogen-bond acceptors (Lipinski definition) is 26. The van der Waals surface area contributed by atoms with Gasteiger partial charge < -0.3 is 103 Å². The standard InChI is InChI=1S/C19H16ClN6O2.2C19H17N6O2.2C5H11NO2.6C2H6.3CH4.H3N.3Y/c20-15-8-11-17(22-10-23-18(11)21)19(25-15)28-14-5-3-4-13-12(14)9-24-26(13)16-6-1-2-7-27-16;2*20-18-12-7-8-21-19(17(12)22-11-23-18)27-15-5-3-4-14-13(15)10-24-25(14)16-6-1-2-9-26-16;2*1-5(2,3)8-4(6)7;6*1-2;;;;;;;/h3-5,8-9,16H,1-2,6-7H2,(H2,21,22,23);2*3-5,7-8,10,16H,1-2,6,9H2,(H2,20,22,23);2*1-3H3,(H2,6,7);6*1-2H3;3*1H4;1H3;;;/q3*-1;;;;;;;;;;;;;;;. The van der Waals surface area contributed by atoms with E-state index in [1.807, 2.05) is 152 Å². The summed E-state index contributed by atoms with van der Waals surface area (Å²) in [6.45, 7) is 36.8. The summed E-state index contributed by atoms with van der Waals surface area (Å²) in [5, 5.41) is 18.4. The van der Waals surface area contributed by atoms with Crippen molar-refractivity contribution >= 4 is 107 Å². The fourth-order valence-corrected chi connectivity index (χ4v) is 11.0. The Bertz CT molecular complexity index is 4600. The normalized spacial score (nSPS) is 14.0. The molecule has 3 unspecified atom stereocenters. The van der Waals surface area contributed by atoms with Gasteiger partial charge in [0.25, 0.3) is 0 Å². The number of rotatable bonds is 9. The van der Waals surface area contributed by atoms with Gasteiger partial charge in [0.05, 0.1) is 51.3 Å². The number of amides is 2. The third-order valence-electron chi connectivity index (χ3n) is 15.1. The predicted octanol–water partition coefficient (Wildman–Crippen LogP) is 20.4. The minimum atomic E-state index is -0.725. The molecule has 13 N–H and O–H groups in total. The Morgan fingerprint density at radius 3 is 1.00 bits per heavy atom. The Kier molecular flexibility index (Phi) is 56.5. The van der Waals surface area contributed by atoms with E-state index in [1.54, 1.807) is 90.7 Å². The number of ether oxygens (including phenoxy) is 8. The van der Waals surface area contributed by atoms with Crippen molar-refractivity contribution in [2.45, 2.75) is 235 Å². The smallest absolute Gasteiger partial charge is 0.405 e. The number of fused-ring (bicyclic) bond motifs is 6. The summed E-state index contributed by atoms with van der Waals surface area (Å²) in [7, 11) is 0. The molecule has 3 fully saturated rings. The van der Waals surface area contributed by atoms with Crippen molar-refractivity contribution in [3.05, 3.63) is 128 Å². The number of carbonyl (C=O) groups excluding carboxylic acids is 2. The van der Waals surface area contributed by atoms with Crippen LogP contribution in [0.25, 0.3) is 65.4 Å². The van der Waals surface area contributed by atoms with Gasteiger partial charge in [-0.2, -0.15) is 15.3 Å². The Labute approximate surface area is 771 Å². The fourth-order valence-electron chi connectivity index (χ4n) is 10.8. The molecule has 3 atom stereocenters. The number of nitrogen functional groups attached to an aromatic ring is 3. The first kappa shape index (κ1) is 113. The van der Waals surface area contributed by atoms with E-state index in [2.05, 4.69) is 88.6 Å². The maximum absolute atomic E-state index is 10.0. The van der Waals surface area contributed by atoms with Crippen LogP contribution < -0.4 is 49.0 Å². The number of primary amides is 2. The Morgan fingerprint density at radius 1 is 0.436 bits per heavy atom. The molecule has 0 bridgehead atoms. The number of nitrogens with two attached hydrogens (primary N) is 5. The summed E-state index contributed by atoms with van der Waals surface area (Å²) in [5.74, 6) is 3.77. The van der Waals surface area contributed by atoms with Crippen LogP contribution in [0.15, 0.2) is 104 Å². The number of pyridine rings is 3. The molecule has 2 amide bonds. The van der Waals surface area contributed by atoms with E-state index < -0.39 is 23.4 Å². The van der Waals surface area contributed by atoms with Crippen LogP contribution in [0.4, 0.5) is 27.0 Å². The first-order valence-corrected chi connectivity index (χ1v) is 37.8. The van der Waals surface area contributed by atoms with E-state index in [0.717, 1.165) is 110 Å². The molecule has 12 aromatic rings. The molecule has 12 heterocycles. The van der Waals surface area contributed by atoms with E-state index in [4.69, 9.17) is 68.7 Å². The Hall–Kier alpha value is -7.68. The largest absolute Gasteiger partial charge is 0.448 e. The van der Waals surface area contributed by atoms with Crippen LogP contribution in [-0.2, 0) is 122 Å². The number of benzene rings is 3. The van der Waals surface area contributed by atoms with Crippen molar-refractivity contribution in [3.63, 3.8) is 0 Å². The number of aromatic nitrogens is 15. The molecule has 0 aliphatic carbocycles. The van der Waals surface area contributed by atoms with Gasteiger partial charge in [0.15, 0.2) is 36.3 Å². The number of anilines is 3. The van der Waals surface area contributed by atoms with Gasteiger partial charge in [-0.05, 0) is 142 Å². The third kappa shape index (κ3) is 32.8. The van der Waals surface area contributed by atoms with E-state index in [-0.39, 0.29) is 162 Å². The molecule has 15 rings (SSSR count). The molecule has 0 saturated carbocycles. The van der Waals surface area contributed by atoms with Crippen molar-refractivity contribution in [3.8, 4) is 34.9 Å². The molecule has 35 heteroatoms. The van der Waals surface area contributed by atoms with Crippen LogP contribution in [0.5, 0.6) is 34.9 Å². The number of halogens is 1. The summed E-state index contributed by atoms with van der Waals surface area (Å²) in [4.78, 5) is 57.0. The third-order valence-corrected chi connectivity index (χ3v) is 15.3. The number of nitrogens with zero attached hydrogens (tertiary/aromatic N) is 15. The molecule has 3 aliphatic heterocycles. The first-order valence-electron chi connectivity index (χ1n) is 37.5. The average molecular weight is 1870 g/mol. The summed E-state index contributed by atoms with van der Waals surface area (Å²) in [5.41, 5.74) is 30.6. The van der Waals surface area contributed by atoms with Gasteiger partial charge in [-0.1, -0.05) is 163 Å². The molecule has 9 aromatic heterocycles. The minimum absolute atomic E-state index is 0. The van der Waals surface area contributed by atoms with E-state index in [1.165, 1.54) is 0 Å². The second-order valence-corrected chi connectivity index (χ2v) is 24.9. The summed E-state index contributed by atoms with van der Waals surface area (Å²) >= 11 is 6.14. The zero-order valence-corrected chi connectivity index (χ0v) is 78.3. The maximum atomic E-state index is 10.0. The summed E-state index contributed by atoms with van der Waals surface area (Å²) in [6.07, 6.45) is 24.1. The van der Waals surface area contributed by atoms with Gasteiger partial charge in [0, 0.05) is 183 Å². The zero-order chi connectivity index (χ0) is 81.1. The molecule has 0 spiro atoms. The van der Waals surface area contributed by atoms with Crippen molar-refractivity contribution < 1.29 is 146 Å². The van der Waals surface area contributed by atoms with Crippen molar-refractivity contribution in [1.29, 1.82) is 0 Å². The van der Waals surface area contributed by atoms with Crippen LogP contribution >= 0.6 is 11.6 Å². The molecule has 3 saturated heterocycles. The summed E-state index contributed by atoms with van der Waals surface area (Å²) < 4.78 is 50.8. The fraction of sp³-hybridized carbons (Fsp3) is 0.463. The minimum Gasteiger partial charge on any atom is -0.448 e. The van der Waals surface area contributed by atoms with Crippen molar-refractivity contribution in [2.75, 3.05) is 37.0 Å². The SMILES string of the molecule is C.C.C.CC.CC.CC.CC.CC.CC.CC(C)(C)OC(N)=O.CC(C)(C)OC(N)=O.N.Nc1n[c-]nc2c(Oc3cccc4c3cnn4C3CCCCO3)nc(Cl)cc12.Nc1n[c-]nc2c(Oc3cccc4c3cnn4C3CCCCO3)nccc12.Nc1n[c-]nc2c(Oc3cccc4c3cnn4C3CCCCO3)nccc12.[Y].[Y].[Y]. The van der Waals surface area contributed by atoms with Gasteiger partial charge in [-0.3, -0.25) is 0 Å². The first-order chi connectivity index (χ1) is 53.2. The molecular weight excluding hydrogens is 1740 g/mol. The van der Waals surface area contributed by atoms with E-state index >= 15 is 0 Å². The molecular formula is C82H123ClN21O10Y3-3.